The summed E-state index contributed by atoms with van der Waals surface area (Å²) in [5.41, 5.74) is 4.72. The Morgan fingerprint density at radius 3 is 2.59 bits per heavy atom. The molecule has 10 heteroatoms. The molecule has 3 aromatic rings. The topological polar surface area (TPSA) is 98.2 Å². The molecular weight excluding hydrogens is 427 g/mol. The lowest BCUT2D eigenvalue weighted by Crippen LogP contribution is -2.17. The molecule has 2 aromatic carbocycles. The van der Waals surface area contributed by atoms with Gasteiger partial charge in [-0.15, -0.1) is 0 Å². The number of anilines is 1. The van der Waals surface area contributed by atoms with Crippen LogP contribution in [0.2, 0.25) is 10.0 Å². The predicted octanol–water partition coefficient (Wildman–Crippen LogP) is 4.60. The maximum absolute atomic E-state index is 13.8. The van der Waals surface area contributed by atoms with E-state index in [-0.39, 0.29) is 24.4 Å². The van der Waals surface area contributed by atoms with Gasteiger partial charge in [-0.25, -0.2) is 13.8 Å². The third kappa shape index (κ3) is 4.90. The SMILES string of the molecule is NC(=O)c1cc(NC(=O)CCc2ncc(-c3ccc(Cl)cc3Cl)o2)c(F)cc1F. The number of nitrogens with one attached hydrogen (secondary N) is 1. The highest BCUT2D eigenvalue weighted by molar-refractivity contribution is 6.36. The second kappa shape index (κ2) is 8.59. The highest BCUT2D eigenvalue weighted by atomic mass is 35.5. The van der Waals surface area contributed by atoms with Crippen LogP contribution >= 0.6 is 23.2 Å². The van der Waals surface area contributed by atoms with E-state index in [4.69, 9.17) is 33.4 Å². The van der Waals surface area contributed by atoms with Crippen molar-refractivity contribution in [2.75, 3.05) is 5.32 Å². The number of rotatable bonds is 6. The Bertz CT molecular complexity index is 1100. The number of primary amides is 1. The molecule has 1 heterocycles. The third-order valence-corrected chi connectivity index (χ3v) is 4.46. The van der Waals surface area contributed by atoms with Crippen molar-refractivity contribution < 1.29 is 22.8 Å². The molecule has 0 bridgehead atoms. The molecule has 0 radical (unpaired) electrons. The van der Waals surface area contributed by atoms with Crippen molar-refractivity contribution in [1.82, 2.24) is 4.98 Å². The van der Waals surface area contributed by atoms with Crippen LogP contribution in [0.4, 0.5) is 14.5 Å². The van der Waals surface area contributed by atoms with Crippen LogP contribution in [0.15, 0.2) is 40.9 Å². The summed E-state index contributed by atoms with van der Waals surface area (Å²) in [7, 11) is 0. The number of halogens is 4. The smallest absolute Gasteiger partial charge is 0.251 e. The molecule has 1 aromatic heterocycles. The number of amides is 2. The standard InChI is InChI=1S/C19H13Cl2F2N3O3/c20-9-1-2-10(12(21)5-9)16-8-25-18(29-16)4-3-17(27)26-15-6-11(19(24)28)13(22)7-14(15)23/h1-2,5-8H,3-4H2,(H2,24,28)(H,26,27). The summed E-state index contributed by atoms with van der Waals surface area (Å²) in [6.45, 7) is 0. The van der Waals surface area contributed by atoms with Gasteiger partial charge in [0.1, 0.15) is 11.6 Å². The van der Waals surface area contributed by atoms with E-state index >= 15 is 0 Å². The highest BCUT2D eigenvalue weighted by Gasteiger charge is 2.16. The molecule has 0 aliphatic carbocycles. The molecular formula is C19H13Cl2F2N3O3. The number of aromatic nitrogens is 1. The Hall–Kier alpha value is -2.97. The maximum atomic E-state index is 13.8. The van der Waals surface area contributed by atoms with Gasteiger partial charge in [0.25, 0.3) is 5.91 Å². The monoisotopic (exact) mass is 439 g/mol. The zero-order chi connectivity index (χ0) is 21.1. The fourth-order valence-electron chi connectivity index (χ4n) is 2.51. The van der Waals surface area contributed by atoms with E-state index in [0.717, 1.165) is 6.07 Å². The molecule has 0 unspecified atom stereocenters. The normalized spacial score (nSPS) is 10.8. The van der Waals surface area contributed by atoms with Gasteiger partial charge in [0.2, 0.25) is 5.91 Å². The van der Waals surface area contributed by atoms with E-state index in [1.807, 2.05) is 0 Å². The van der Waals surface area contributed by atoms with Gasteiger partial charge in [-0.05, 0) is 24.3 Å². The Morgan fingerprint density at radius 2 is 1.90 bits per heavy atom. The van der Waals surface area contributed by atoms with Crippen molar-refractivity contribution in [3.8, 4) is 11.3 Å². The first-order chi connectivity index (χ1) is 13.7. The molecule has 2 amide bonds. The summed E-state index contributed by atoms with van der Waals surface area (Å²) in [6, 6.07) is 6.21. The first-order valence-corrected chi connectivity index (χ1v) is 8.99. The molecule has 0 saturated carbocycles. The summed E-state index contributed by atoms with van der Waals surface area (Å²) in [6.07, 6.45) is 1.47. The summed E-state index contributed by atoms with van der Waals surface area (Å²) in [5, 5.41) is 3.12. The van der Waals surface area contributed by atoms with Crippen LogP contribution in [-0.2, 0) is 11.2 Å². The minimum absolute atomic E-state index is 0.100. The van der Waals surface area contributed by atoms with E-state index in [0.29, 0.717) is 27.4 Å². The fraction of sp³-hybridized carbons (Fsp3) is 0.105. The predicted molar refractivity (Wildman–Crippen MR) is 104 cm³/mol. The lowest BCUT2D eigenvalue weighted by molar-refractivity contribution is -0.116. The number of hydrogen-bond donors (Lipinski definition) is 2. The largest absolute Gasteiger partial charge is 0.441 e. The Balaban J connectivity index is 1.65. The zero-order valence-corrected chi connectivity index (χ0v) is 16.2. The van der Waals surface area contributed by atoms with Gasteiger partial charge < -0.3 is 15.5 Å². The molecule has 150 valence electrons. The molecule has 0 fully saturated rings. The van der Waals surface area contributed by atoms with Crippen molar-refractivity contribution in [3.05, 3.63) is 69.7 Å². The number of nitrogens with two attached hydrogens (primary N) is 1. The van der Waals surface area contributed by atoms with Crippen LogP contribution < -0.4 is 11.1 Å². The average molecular weight is 440 g/mol. The van der Waals surface area contributed by atoms with E-state index < -0.39 is 29.0 Å². The highest BCUT2D eigenvalue weighted by Crippen LogP contribution is 2.31. The fourth-order valence-corrected chi connectivity index (χ4v) is 3.01. The lowest BCUT2D eigenvalue weighted by atomic mass is 10.1. The molecule has 29 heavy (non-hydrogen) atoms. The van der Waals surface area contributed by atoms with E-state index in [9.17, 15) is 18.4 Å². The van der Waals surface area contributed by atoms with Crippen molar-refractivity contribution in [1.29, 1.82) is 0 Å². The Morgan fingerprint density at radius 1 is 1.14 bits per heavy atom. The van der Waals surface area contributed by atoms with Gasteiger partial charge in [0, 0.05) is 29.5 Å². The zero-order valence-electron chi connectivity index (χ0n) is 14.6. The van der Waals surface area contributed by atoms with E-state index in [1.54, 1.807) is 18.2 Å². The molecule has 6 nitrogen and oxygen atoms in total. The van der Waals surface area contributed by atoms with Crippen molar-refractivity contribution in [2.45, 2.75) is 12.8 Å². The Kier molecular flexibility index (Phi) is 6.14. The molecule has 3 rings (SSSR count). The molecule has 0 aliphatic rings. The average Bonchev–Trinajstić information content (AvgIpc) is 3.10. The van der Waals surface area contributed by atoms with Crippen molar-refractivity contribution in [2.24, 2.45) is 5.73 Å². The quantitative estimate of drug-likeness (QED) is 0.586. The summed E-state index contributed by atoms with van der Waals surface area (Å²) in [4.78, 5) is 27.3. The van der Waals surface area contributed by atoms with Crippen LogP contribution in [0.1, 0.15) is 22.7 Å². The van der Waals surface area contributed by atoms with Gasteiger partial charge in [-0.2, -0.15) is 0 Å². The summed E-state index contributed by atoms with van der Waals surface area (Å²) >= 11 is 12.0. The maximum Gasteiger partial charge on any atom is 0.251 e. The van der Waals surface area contributed by atoms with Gasteiger partial charge in [-0.3, -0.25) is 9.59 Å². The van der Waals surface area contributed by atoms with E-state index in [1.165, 1.54) is 6.20 Å². The first-order valence-electron chi connectivity index (χ1n) is 8.23. The second-order valence-electron chi connectivity index (χ2n) is 5.97. The van der Waals surface area contributed by atoms with Crippen LogP contribution in [0, 0.1) is 11.6 Å². The van der Waals surface area contributed by atoms with Crippen LogP contribution in [-0.4, -0.2) is 16.8 Å². The molecule has 3 N–H and O–H groups in total. The third-order valence-electron chi connectivity index (χ3n) is 3.91. The van der Waals surface area contributed by atoms with Crippen LogP contribution in [0.25, 0.3) is 11.3 Å². The first kappa shape index (κ1) is 20.8. The number of benzene rings is 2. The minimum Gasteiger partial charge on any atom is -0.441 e. The van der Waals surface area contributed by atoms with Crippen LogP contribution in [0.3, 0.4) is 0 Å². The lowest BCUT2D eigenvalue weighted by Gasteiger charge is -2.08. The Labute approximate surface area is 173 Å². The number of carbonyl (C=O) groups excluding carboxylic acids is 2. The number of nitrogens with zero attached hydrogens (tertiary/aromatic N) is 1. The minimum atomic E-state index is -1.11. The molecule has 0 spiro atoms. The molecule has 0 atom stereocenters. The molecule has 0 saturated heterocycles. The summed E-state index contributed by atoms with van der Waals surface area (Å²) < 4.78 is 32.9. The van der Waals surface area contributed by atoms with Gasteiger partial charge in [0.15, 0.2) is 11.7 Å². The second-order valence-corrected chi connectivity index (χ2v) is 6.81. The van der Waals surface area contributed by atoms with Crippen molar-refractivity contribution in [3.63, 3.8) is 0 Å². The number of aryl methyl sites for hydroxylation is 1. The number of carbonyl (C=O) groups is 2. The van der Waals surface area contributed by atoms with Gasteiger partial charge in [-0.1, -0.05) is 23.2 Å². The molecule has 0 aliphatic heterocycles. The number of hydrogen-bond acceptors (Lipinski definition) is 4. The van der Waals surface area contributed by atoms with Crippen molar-refractivity contribution >= 4 is 40.7 Å². The summed E-state index contributed by atoms with van der Waals surface area (Å²) in [5.74, 6) is -3.14. The van der Waals surface area contributed by atoms with E-state index in [2.05, 4.69) is 10.3 Å². The van der Waals surface area contributed by atoms with Gasteiger partial charge in [0.05, 0.1) is 22.5 Å². The van der Waals surface area contributed by atoms with Gasteiger partial charge >= 0.3 is 0 Å². The number of oxazole rings is 1. The van der Waals surface area contributed by atoms with Crippen LogP contribution in [0.5, 0.6) is 0 Å².